The lowest BCUT2D eigenvalue weighted by molar-refractivity contribution is -0.146. The van der Waals surface area contributed by atoms with Crippen LogP contribution in [0.3, 0.4) is 0 Å². The van der Waals surface area contributed by atoms with Crippen LogP contribution in [0.4, 0.5) is 0 Å². The van der Waals surface area contributed by atoms with E-state index in [4.69, 9.17) is 10.5 Å². The first-order valence-electron chi connectivity index (χ1n) is 12.6. The number of nitrogens with one attached hydrogen (secondary N) is 2. The highest BCUT2D eigenvalue weighted by molar-refractivity contribution is 5.92. The SMILES string of the molecule is C[C@@H](OC1CCC1)[C@H](N)C(=O)N1C[C@H]2[C@@H]([C@H]1C(=O)N[C@H](C#N)C[C@@H]1CC(C)(C)NC1=O)C2(C)C. The van der Waals surface area contributed by atoms with Crippen LogP contribution in [0.1, 0.15) is 66.7 Å². The summed E-state index contributed by atoms with van der Waals surface area (Å²) in [6.07, 6.45) is 3.71. The summed E-state index contributed by atoms with van der Waals surface area (Å²) in [5.41, 5.74) is 5.92. The quantitative estimate of drug-likeness (QED) is 0.482. The van der Waals surface area contributed by atoms with Crippen LogP contribution in [0, 0.1) is 34.5 Å². The molecular formula is C25H39N5O4. The number of hydrogen-bond acceptors (Lipinski definition) is 6. The zero-order chi connectivity index (χ0) is 25.0. The van der Waals surface area contributed by atoms with E-state index in [-0.39, 0.29) is 59.0 Å². The summed E-state index contributed by atoms with van der Waals surface area (Å²) in [6.45, 7) is 10.4. The maximum absolute atomic E-state index is 13.4. The van der Waals surface area contributed by atoms with Gasteiger partial charge < -0.3 is 26.0 Å². The molecule has 4 aliphatic rings. The van der Waals surface area contributed by atoms with Gasteiger partial charge in [-0.3, -0.25) is 14.4 Å². The van der Waals surface area contributed by atoms with E-state index in [0.717, 1.165) is 19.3 Å². The lowest BCUT2D eigenvalue weighted by atomic mass is 9.91. The highest BCUT2D eigenvalue weighted by Gasteiger charge is 2.69. The predicted molar refractivity (Wildman–Crippen MR) is 125 cm³/mol. The average molecular weight is 474 g/mol. The number of piperidine rings is 1. The molecule has 2 saturated carbocycles. The van der Waals surface area contributed by atoms with Crippen molar-refractivity contribution >= 4 is 17.7 Å². The highest BCUT2D eigenvalue weighted by Crippen LogP contribution is 2.64. The van der Waals surface area contributed by atoms with E-state index < -0.39 is 24.2 Å². The summed E-state index contributed by atoms with van der Waals surface area (Å²) in [5, 5.41) is 15.5. The van der Waals surface area contributed by atoms with Crippen LogP contribution in [-0.4, -0.2) is 65.0 Å². The number of nitrogens with two attached hydrogens (primary N) is 1. The maximum atomic E-state index is 13.4. The molecule has 4 fully saturated rings. The molecule has 2 aliphatic carbocycles. The number of ether oxygens (including phenoxy) is 1. The number of likely N-dealkylation sites (tertiary alicyclic amines) is 1. The summed E-state index contributed by atoms with van der Waals surface area (Å²) in [6, 6.07) is -0.169. The van der Waals surface area contributed by atoms with Gasteiger partial charge in [0, 0.05) is 18.0 Å². The van der Waals surface area contributed by atoms with Gasteiger partial charge in [0.15, 0.2) is 0 Å². The fourth-order valence-corrected chi connectivity index (χ4v) is 6.17. The van der Waals surface area contributed by atoms with Crippen molar-refractivity contribution in [3.05, 3.63) is 0 Å². The molecule has 0 aromatic carbocycles. The third-order valence-electron chi connectivity index (χ3n) is 8.59. The fraction of sp³-hybridized carbons (Fsp3) is 0.840. The van der Waals surface area contributed by atoms with Crippen molar-refractivity contribution in [1.29, 1.82) is 5.26 Å². The minimum absolute atomic E-state index is 0.0274. The molecule has 9 nitrogen and oxygen atoms in total. The van der Waals surface area contributed by atoms with Gasteiger partial charge in [0.25, 0.3) is 0 Å². The lowest BCUT2D eigenvalue weighted by Gasteiger charge is -2.35. The smallest absolute Gasteiger partial charge is 0.244 e. The van der Waals surface area contributed by atoms with Gasteiger partial charge in [-0.1, -0.05) is 13.8 Å². The topological polar surface area (TPSA) is 138 Å². The van der Waals surface area contributed by atoms with Crippen molar-refractivity contribution in [2.45, 2.75) is 103 Å². The van der Waals surface area contributed by atoms with Gasteiger partial charge in [0.1, 0.15) is 18.1 Å². The number of hydrogen-bond donors (Lipinski definition) is 3. The van der Waals surface area contributed by atoms with Gasteiger partial charge in [-0.05, 0) is 70.1 Å². The molecular weight excluding hydrogens is 434 g/mol. The van der Waals surface area contributed by atoms with Gasteiger partial charge in [-0.25, -0.2) is 0 Å². The largest absolute Gasteiger partial charge is 0.373 e. The number of nitriles is 1. The molecule has 7 atom stereocenters. The normalized spacial score (nSPS) is 33.7. The summed E-state index contributed by atoms with van der Waals surface area (Å²) < 4.78 is 5.93. The molecule has 0 bridgehead atoms. The Kier molecular flexibility index (Phi) is 6.45. The molecule has 4 rings (SSSR count). The molecule has 0 unspecified atom stereocenters. The Labute approximate surface area is 202 Å². The van der Waals surface area contributed by atoms with Gasteiger partial charge in [0.2, 0.25) is 17.7 Å². The van der Waals surface area contributed by atoms with E-state index >= 15 is 0 Å². The van der Waals surface area contributed by atoms with Gasteiger partial charge in [-0.15, -0.1) is 0 Å². The molecule has 4 N–H and O–H groups in total. The summed E-state index contributed by atoms with van der Waals surface area (Å²) in [5.74, 6) is -0.782. The lowest BCUT2D eigenvalue weighted by Crippen LogP contribution is -2.58. The molecule has 188 valence electrons. The second kappa shape index (κ2) is 8.80. The Hall–Kier alpha value is -2.18. The van der Waals surface area contributed by atoms with Crippen LogP contribution in [0.25, 0.3) is 0 Å². The third-order valence-corrected chi connectivity index (χ3v) is 8.59. The minimum Gasteiger partial charge on any atom is -0.373 e. The number of carbonyl (C=O) groups excluding carboxylic acids is 3. The van der Waals surface area contributed by atoms with Crippen molar-refractivity contribution < 1.29 is 19.1 Å². The van der Waals surface area contributed by atoms with E-state index in [2.05, 4.69) is 30.6 Å². The Morgan fingerprint density at radius 3 is 2.53 bits per heavy atom. The second-order valence-electron chi connectivity index (χ2n) is 12.0. The van der Waals surface area contributed by atoms with E-state index in [1.165, 1.54) is 0 Å². The Morgan fingerprint density at radius 1 is 1.32 bits per heavy atom. The summed E-state index contributed by atoms with van der Waals surface area (Å²) in [4.78, 5) is 40.7. The molecule has 2 aliphatic heterocycles. The standard InChI is InChI=1S/C25H39N5O4/c1-13(34-16-7-6-8-16)19(27)23(33)30-12-17-18(25(17,4)5)20(30)22(32)28-15(11-26)9-14-10-24(2,3)29-21(14)31/h13-20H,6-10,12,27H2,1-5H3,(H,28,32)(H,29,31)/t13-,14-,15+,17+,18+,19+,20+/m1/s1. The monoisotopic (exact) mass is 473 g/mol. The van der Waals surface area contributed by atoms with E-state index in [9.17, 15) is 19.6 Å². The summed E-state index contributed by atoms with van der Waals surface area (Å²) >= 11 is 0. The third kappa shape index (κ3) is 4.55. The van der Waals surface area contributed by atoms with Crippen LogP contribution >= 0.6 is 0 Å². The van der Waals surface area contributed by atoms with E-state index in [0.29, 0.717) is 13.0 Å². The first-order chi connectivity index (χ1) is 15.9. The van der Waals surface area contributed by atoms with Gasteiger partial charge in [-0.2, -0.15) is 5.26 Å². The second-order valence-corrected chi connectivity index (χ2v) is 12.0. The predicted octanol–water partition coefficient (Wildman–Crippen LogP) is 1.07. The number of carbonyl (C=O) groups is 3. The van der Waals surface area contributed by atoms with Crippen molar-refractivity contribution in [2.24, 2.45) is 28.9 Å². The molecule has 2 heterocycles. The van der Waals surface area contributed by atoms with E-state index in [1.807, 2.05) is 20.8 Å². The van der Waals surface area contributed by atoms with Crippen molar-refractivity contribution in [2.75, 3.05) is 6.54 Å². The van der Waals surface area contributed by atoms with Crippen LogP contribution < -0.4 is 16.4 Å². The Morgan fingerprint density at radius 2 is 2.00 bits per heavy atom. The van der Waals surface area contributed by atoms with Crippen LogP contribution in [0.15, 0.2) is 0 Å². The fourth-order valence-electron chi connectivity index (χ4n) is 6.17. The first-order valence-corrected chi connectivity index (χ1v) is 12.6. The number of fused-ring (bicyclic) bond motifs is 1. The Balaban J connectivity index is 1.42. The Bertz CT molecular complexity index is 892. The number of nitrogens with zero attached hydrogens (tertiary/aromatic N) is 2. The zero-order valence-corrected chi connectivity index (χ0v) is 21.0. The molecule has 3 amide bonds. The summed E-state index contributed by atoms with van der Waals surface area (Å²) in [7, 11) is 0. The number of amides is 3. The highest BCUT2D eigenvalue weighted by atomic mass is 16.5. The van der Waals surface area contributed by atoms with Crippen LogP contribution in [0.5, 0.6) is 0 Å². The molecule has 2 saturated heterocycles. The van der Waals surface area contributed by atoms with Crippen LogP contribution in [-0.2, 0) is 19.1 Å². The maximum Gasteiger partial charge on any atom is 0.244 e. The minimum atomic E-state index is -0.840. The van der Waals surface area contributed by atoms with Crippen molar-refractivity contribution in [3.8, 4) is 6.07 Å². The molecule has 34 heavy (non-hydrogen) atoms. The van der Waals surface area contributed by atoms with Crippen molar-refractivity contribution in [3.63, 3.8) is 0 Å². The molecule has 0 aromatic rings. The molecule has 0 radical (unpaired) electrons. The van der Waals surface area contributed by atoms with Gasteiger partial charge in [0.05, 0.1) is 18.3 Å². The molecule has 0 spiro atoms. The average Bonchev–Trinajstić information content (AvgIpc) is 3.04. The molecule has 0 aromatic heterocycles. The molecule has 9 heteroatoms. The number of rotatable bonds is 8. The zero-order valence-electron chi connectivity index (χ0n) is 21.0. The van der Waals surface area contributed by atoms with Crippen LogP contribution in [0.2, 0.25) is 0 Å². The van der Waals surface area contributed by atoms with E-state index in [1.54, 1.807) is 4.90 Å². The van der Waals surface area contributed by atoms with Gasteiger partial charge >= 0.3 is 0 Å². The first kappa shape index (κ1) is 24.9. The van der Waals surface area contributed by atoms with Crippen molar-refractivity contribution in [1.82, 2.24) is 15.5 Å².